The first-order valence-electron chi connectivity index (χ1n) is 6.67. The van der Waals surface area contributed by atoms with Gasteiger partial charge in [-0.15, -0.1) is 0 Å². The second-order valence-electron chi connectivity index (χ2n) is 4.70. The highest BCUT2D eigenvalue weighted by Gasteiger charge is 2.37. The van der Waals surface area contributed by atoms with Gasteiger partial charge >= 0.3 is 0 Å². The Labute approximate surface area is 127 Å². The Morgan fingerprint density at radius 2 is 2.00 bits per heavy atom. The van der Waals surface area contributed by atoms with Crippen LogP contribution in [-0.4, -0.2) is 42.3 Å². The van der Waals surface area contributed by atoms with Gasteiger partial charge in [0.15, 0.2) is 0 Å². The van der Waals surface area contributed by atoms with Crippen LogP contribution < -0.4 is 11.1 Å². The van der Waals surface area contributed by atoms with Crippen LogP contribution in [0.1, 0.15) is 33.6 Å². The number of hydrogen-bond donors (Lipinski definition) is 2. The number of benzene rings is 1. The van der Waals surface area contributed by atoms with Crippen molar-refractivity contribution in [3.63, 3.8) is 0 Å². The minimum absolute atomic E-state index is 0.167. The van der Waals surface area contributed by atoms with Crippen LogP contribution >= 0.6 is 11.6 Å². The van der Waals surface area contributed by atoms with E-state index in [4.69, 9.17) is 17.3 Å². The van der Waals surface area contributed by atoms with Crippen LogP contribution in [0.2, 0.25) is 5.02 Å². The average molecular weight is 310 g/mol. The molecule has 0 aromatic heterocycles. The van der Waals surface area contributed by atoms with Crippen molar-refractivity contribution in [2.45, 2.75) is 12.8 Å². The van der Waals surface area contributed by atoms with Gasteiger partial charge in [0, 0.05) is 6.54 Å². The van der Waals surface area contributed by atoms with Crippen molar-refractivity contribution in [1.82, 2.24) is 10.2 Å². The molecule has 3 N–H and O–H groups in total. The smallest absolute Gasteiger partial charge is 0.263 e. The highest BCUT2D eigenvalue weighted by molar-refractivity contribution is 6.37. The quantitative estimate of drug-likeness (QED) is 0.600. The Morgan fingerprint density at radius 1 is 1.24 bits per heavy atom. The third-order valence-electron chi connectivity index (χ3n) is 3.20. The second-order valence-corrected chi connectivity index (χ2v) is 5.11. The molecule has 2 rings (SSSR count). The fourth-order valence-electron chi connectivity index (χ4n) is 2.13. The van der Waals surface area contributed by atoms with Crippen LogP contribution in [0.4, 0.5) is 0 Å². The SMILES string of the molecule is NCCCCNC(=O)CN1C(=O)c2cccc(Cl)c2C1=O. The third kappa shape index (κ3) is 3.22. The third-order valence-corrected chi connectivity index (χ3v) is 3.52. The maximum Gasteiger partial charge on any atom is 0.263 e. The first-order valence-corrected chi connectivity index (χ1v) is 7.05. The number of rotatable bonds is 6. The van der Waals surface area contributed by atoms with Gasteiger partial charge in [0.05, 0.1) is 16.1 Å². The molecule has 0 atom stereocenters. The van der Waals surface area contributed by atoms with Gasteiger partial charge < -0.3 is 11.1 Å². The summed E-state index contributed by atoms with van der Waals surface area (Å²) in [5.74, 6) is -1.40. The molecule has 1 aromatic rings. The van der Waals surface area contributed by atoms with Crippen LogP contribution in [0.15, 0.2) is 18.2 Å². The normalized spacial score (nSPS) is 13.5. The Kier molecular flexibility index (Phi) is 4.93. The van der Waals surface area contributed by atoms with Gasteiger partial charge in [-0.25, -0.2) is 0 Å². The lowest BCUT2D eigenvalue weighted by molar-refractivity contribution is -0.121. The lowest BCUT2D eigenvalue weighted by Crippen LogP contribution is -2.40. The monoisotopic (exact) mass is 309 g/mol. The van der Waals surface area contributed by atoms with Crippen molar-refractivity contribution >= 4 is 29.3 Å². The van der Waals surface area contributed by atoms with Crippen molar-refractivity contribution < 1.29 is 14.4 Å². The summed E-state index contributed by atoms with van der Waals surface area (Å²) in [5, 5.41) is 2.87. The first kappa shape index (κ1) is 15.5. The molecule has 7 heteroatoms. The molecule has 21 heavy (non-hydrogen) atoms. The Morgan fingerprint density at radius 3 is 2.67 bits per heavy atom. The van der Waals surface area contributed by atoms with E-state index in [9.17, 15) is 14.4 Å². The fraction of sp³-hybridized carbons (Fsp3) is 0.357. The van der Waals surface area contributed by atoms with Gasteiger partial charge in [0.25, 0.3) is 11.8 Å². The predicted octanol–water partition coefficient (Wildman–Crippen LogP) is 0.791. The van der Waals surface area contributed by atoms with E-state index in [0.717, 1.165) is 17.7 Å². The van der Waals surface area contributed by atoms with Gasteiger partial charge in [-0.3, -0.25) is 19.3 Å². The minimum atomic E-state index is -0.530. The summed E-state index contributed by atoms with van der Waals surface area (Å²) < 4.78 is 0. The highest BCUT2D eigenvalue weighted by Crippen LogP contribution is 2.28. The second kappa shape index (κ2) is 6.69. The number of nitrogens with one attached hydrogen (secondary N) is 1. The summed E-state index contributed by atoms with van der Waals surface area (Å²) >= 11 is 5.94. The number of hydrogen-bond acceptors (Lipinski definition) is 4. The van der Waals surface area contributed by atoms with Crippen LogP contribution in [-0.2, 0) is 4.79 Å². The summed E-state index contributed by atoms with van der Waals surface area (Å²) in [7, 11) is 0. The Hall–Kier alpha value is -1.92. The number of carbonyl (C=O) groups excluding carboxylic acids is 3. The molecule has 1 aliphatic heterocycles. The summed E-state index contributed by atoms with van der Waals surface area (Å²) in [5.41, 5.74) is 5.76. The van der Waals surface area contributed by atoms with Crippen LogP contribution in [0.5, 0.6) is 0 Å². The molecule has 1 heterocycles. The van der Waals surface area contributed by atoms with Crippen molar-refractivity contribution in [3.8, 4) is 0 Å². The molecule has 0 saturated heterocycles. The lowest BCUT2D eigenvalue weighted by Gasteiger charge is -2.13. The topological polar surface area (TPSA) is 92.5 Å². The molecule has 1 aromatic carbocycles. The molecule has 0 fully saturated rings. The molecule has 0 unspecified atom stereocenters. The van der Waals surface area contributed by atoms with E-state index in [0.29, 0.717) is 13.1 Å². The molecule has 112 valence electrons. The first-order chi connectivity index (χ1) is 10.1. The summed E-state index contributed by atoms with van der Waals surface area (Å²) in [4.78, 5) is 37.0. The van der Waals surface area contributed by atoms with Gasteiger partial charge in [0.2, 0.25) is 5.91 Å². The van der Waals surface area contributed by atoms with E-state index in [1.54, 1.807) is 12.1 Å². The van der Waals surface area contributed by atoms with E-state index < -0.39 is 11.8 Å². The summed E-state index contributed by atoms with van der Waals surface area (Å²) in [6.45, 7) is 0.734. The van der Waals surface area contributed by atoms with Crippen molar-refractivity contribution in [2.75, 3.05) is 19.6 Å². The number of unbranched alkanes of at least 4 members (excludes halogenated alkanes) is 1. The zero-order valence-corrected chi connectivity index (χ0v) is 12.2. The Balaban J connectivity index is 2.00. The minimum Gasteiger partial charge on any atom is -0.355 e. The zero-order chi connectivity index (χ0) is 15.4. The molecule has 0 radical (unpaired) electrons. The predicted molar refractivity (Wildman–Crippen MR) is 78.1 cm³/mol. The molecular weight excluding hydrogens is 294 g/mol. The van der Waals surface area contributed by atoms with Gasteiger partial charge in [-0.2, -0.15) is 0 Å². The van der Waals surface area contributed by atoms with E-state index in [1.165, 1.54) is 6.07 Å². The fourth-order valence-corrected chi connectivity index (χ4v) is 2.39. The molecule has 0 aliphatic carbocycles. The molecule has 0 saturated carbocycles. The van der Waals surface area contributed by atoms with Gasteiger partial charge in [-0.1, -0.05) is 17.7 Å². The van der Waals surface area contributed by atoms with Crippen LogP contribution in [0.3, 0.4) is 0 Å². The number of fused-ring (bicyclic) bond motifs is 1. The van der Waals surface area contributed by atoms with E-state index in [2.05, 4.69) is 5.32 Å². The molecule has 3 amide bonds. The maximum absolute atomic E-state index is 12.2. The number of imide groups is 1. The van der Waals surface area contributed by atoms with Crippen molar-refractivity contribution in [1.29, 1.82) is 0 Å². The zero-order valence-electron chi connectivity index (χ0n) is 11.4. The number of carbonyl (C=O) groups is 3. The maximum atomic E-state index is 12.2. The van der Waals surface area contributed by atoms with Crippen LogP contribution in [0, 0.1) is 0 Å². The number of nitrogens with zero attached hydrogens (tertiary/aromatic N) is 1. The molecule has 0 spiro atoms. The van der Waals surface area contributed by atoms with Gasteiger partial charge in [-0.05, 0) is 31.5 Å². The molecule has 6 nitrogen and oxygen atoms in total. The van der Waals surface area contributed by atoms with E-state index in [1.807, 2.05) is 0 Å². The summed E-state index contributed by atoms with van der Waals surface area (Å²) in [6.07, 6.45) is 1.57. The lowest BCUT2D eigenvalue weighted by atomic mass is 10.1. The van der Waals surface area contributed by atoms with E-state index in [-0.39, 0.29) is 28.6 Å². The van der Waals surface area contributed by atoms with Gasteiger partial charge in [0.1, 0.15) is 6.54 Å². The van der Waals surface area contributed by atoms with E-state index >= 15 is 0 Å². The number of nitrogens with two attached hydrogens (primary N) is 1. The highest BCUT2D eigenvalue weighted by atomic mass is 35.5. The standard InChI is InChI=1S/C14H16ClN3O3/c15-10-5-3-4-9-12(10)14(21)18(13(9)20)8-11(19)17-7-2-1-6-16/h3-5H,1-2,6-8,16H2,(H,17,19). The van der Waals surface area contributed by atoms with Crippen molar-refractivity contribution in [2.24, 2.45) is 5.73 Å². The number of halogens is 1. The van der Waals surface area contributed by atoms with Crippen LogP contribution in [0.25, 0.3) is 0 Å². The number of amides is 3. The average Bonchev–Trinajstić information content (AvgIpc) is 2.70. The Bertz CT molecular complexity index is 589. The molecular formula is C14H16ClN3O3. The summed E-state index contributed by atoms with van der Waals surface area (Å²) in [6, 6.07) is 4.67. The molecule has 1 aliphatic rings. The largest absolute Gasteiger partial charge is 0.355 e. The van der Waals surface area contributed by atoms with Crippen molar-refractivity contribution in [3.05, 3.63) is 34.3 Å². The molecule has 0 bridgehead atoms.